The van der Waals surface area contributed by atoms with Gasteiger partial charge >= 0.3 is 0 Å². The lowest BCUT2D eigenvalue weighted by Gasteiger charge is -2.08. The highest BCUT2D eigenvalue weighted by Gasteiger charge is 2.18. The third kappa shape index (κ3) is 3.05. The lowest BCUT2D eigenvalue weighted by atomic mass is 10.2. The molecule has 4 nitrogen and oxygen atoms in total. The molecule has 0 heterocycles. The molecule has 88 valence electrons. The molecule has 1 aromatic rings. The Morgan fingerprint density at radius 1 is 1.44 bits per heavy atom. The molecule has 16 heavy (non-hydrogen) atoms. The Morgan fingerprint density at radius 3 is 2.62 bits per heavy atom. The molecule has 0 unspecified atom stereocenters. The van der Waals surface area contributed by atoms with Crippen molar-refractivity contribution in [1.82, 2.24) is 4.72 Å². The molecule has 0 aliphatic heterocycles. The van der Waals surface area contributed by atoms with Crippen LogP contribution in [0.25, 0.3) is 0 Å². The fraction of sp³-hybridized carbons (Fsp3) is 0.300. The molecule has 6 heteroatoms. The van der Waals surface area contributed by atoms with Crippen LogP contribution in [-0.4, -0.2) is 14.3 Å². The van der Waals surface area contributed by atoms with Crippen molar-refractivity contribution in [2.24, 2.45) is 0 Å². The number of carbonyl (C=O) groups is 1. The molecule has 0 atom stereocenters. The number of amides is 1. The van der Waals surface area contributed by atoms with E-state index in [0.29, 0.717) is 10.0 Å². The van der Waals surface area contributed by atoms with Crippen LogP contribution in [0, 0.1) is 6.92 Å². The van der Waals surface area contributed by atoms with Gasteiger partial charge in [0.25, 0.3) is 10.0 Å². The molecule has 0 aromatic heterocycles. The maximum atomic E-state index is 11.8. The van der Waals surface area contributed by atoms with Crippen LogP contribution in [-0.2, 0) is 14.8 Å². The van der Waals surface area contributed by atoms with Gasteiger partial charge in [0.05, 0.1) is 4.90 Å². The van der Waals surface area contributed by atoms with Gasteiger partial charge in [-0.25, -0.2) is 13.1 Å². The van der Waals surface area contributed by atoms with Crippen molar-refractivity contribution < 1.29 is 13.2 Å². The summed E-state index contributed by atoms with van der Waals surface area (Å²) in [6.45, 7) is 3.27. The van der Waals surface area contributed by atoms with Crippen molar-refractivity contribution >= 4 is 31.9 Å². The molecular weight excluding hydrogens is 294 g/mol. The number of aryl methyl sites for hydroxylation is 1. The lowest BCUT2D eigenvalue weighted by molar-refractivity contribution is -0.119. The zero-order valence-corrected chi connectivity index (χ0v) is 11.4. The topological polar surface area (TPSA) is 63.2 Å². The van der Waals surface area contributed by atoms with Crippen LogP contribution in [0.2, 0.25) is 0 Å². The van der Waals surface area contributed by atoms with Crippen molar-refractivity contribution in [3.05, 3.63) is 28.2 Å². The number of benzene rings is 1. The van der Waals surface area contributed by atoms with Gasteiger partial charge in [-0.05, 0) is 24.6 Å². The first-order chi connectivity index (χ1) is 7.36. The second-order valence-corrected chi connectivity index (χ2v) is 5.86. The normalized spacial score (nSPS) is 11.2. The number of nitrogens with one attached hydrogen (secondary N) is 1. The van der Waals surface area contributed by atoms with Crippen LogP contribution >= 0.6 is 15.9 Å². The minimum Gasteiger partial charge on any atom is -0.274 e. The molecule has 0 fully saturated rings. The second-order valence-electron chi connectivity index (χ2n) is 3.29. The van der Waals surface area contributed by atoms with E-state index in [4.69, 9.17) is 0 Å². The highest BCUT2D eigenvalue weighted by molar-refractivity contribution is 9.10. The Balaban J connectivity index is 3.17. The van der Waals surface area contributed by atoms with Gasteiger partial charge in [0.15, 0.2) is 0 Å². The molecule has 1 N–H and O–H groups in total. The molecular formula is C10H12BrNO3S. The van der Waals surface area contributed by atoms with Gasteiger partial charge in [0.2, 0.25) is 5.91 Å². The SMILES string of the molecule is CCC(=O)NS(=O)(=O)c1cc(Br)ccc1C. The Morgan fingerprint density at radius 2 is 2.06 bits per heavy atom. The molecule has 0 aliphatic carbocycles. The van der Waals surface area contributed by atoms with Gasteiger partial charge in [0, 0.05) is 10.9 Å². The summed E-state index contributed by atoms with van der Waals surface area (Å²) < 4.78 is 26.3. The van der Waals surface area contributed by atoms with E-state index in [0.717, 1.165) is 0 Å². The Kier molecular flexibility index (Phi) is 4.09. The minimum absolute atomic E-state index is 0.115. The average molecular weight is 306 g/mol. The monoisotopic (exact) mass is 305 g/mol. The third-order valence-corrected chi connectivity index (χ3v) is 4.02. The van der Waals surface area contributed by atoms with Gasteiger partial charge in [0.1, 0.15) is 0 Å². The van der Waals surface area contributed by atoms with Gasteiger partial charge in [-0.3, -0.25) is 4.79 Å². The standard InChI is InChI=1S/C10H12BrNO3S/c1-3-10(13)12-16(14,15)9-6-8(11)5-4-7(9)2/h4-6H,3H2,1-2H3,(H,12,13). The molecule has 1 rings (SSSR count). The molecule has 1 amide bonds. The van der Waals surface area contributed by atoms with E-state index in [1.165, 1.54) is 6.07 Å². The van der Waals surface area contributed by atoms with E-state index in [2.05, 4.69) is 15.9 Å². The van der Waals surface area contributed by atoms with Crippen LogP contribution in [0.1, 0.15) is 18.9 Å². The number of sulfonamides is 1. The summed E-state index contributed by atoms with van der Waals surface area (Å²) >= 11 is 3.19. The van der Waals surface area contributed by atoms with Gasteiger partial charge in [-0.1, -0.05) is 28.9 Å². The van der Waals surface area contributed by atoms with E-state index < -0.39 is 15.9 Å². The summed E-state index contributed by atoms with van der Waals surface area (Å²) in [6.07, 6.45) is 0.131. The fourth-order valence-electron chi connectivity index (χ4n) is 1.14. The van der Waals surface area contributed by atoms with E-state index >= 15 is 0 Å². The number of rotatable bonds is 3. The quantitative estimate of drug-likeness (QED) is 0.928. The number of halogens is 1. The Labute approximate surface area is 103 Å². The Hall–Kier alpha value is -0.880. The first kappa shape index (κ1) is 13.2. The van der Waals surface area contributed by atoms with E-state index in [9.17, 15) is 13.2 Å². The van der Waals surface area contributed by atoms with Crippen LogP contribution in [0.4, 0.5) is 0 Å². The molecule has 0 saturated heterocycles. The zero-order chi connectivity index (χ0) is 12.3. The molecule has 0 radical (unpaired) electrons. The van der Waals surface area contributed by atoms with E-state index in [1.54, 1.807) is 26.0 Å². The number of hydrogen-bond donors (Lipinski definition) is 1. The first-order valence-electron chi connectivity index (χ1n) is 4.68. The predicted octanol–water partition coefficient (Wildman–Crippen LogP) is 1.97. The van der Waals surface area contributed by atoms with E-state index in [-0.39, 0.29) is 11.3 Å². The molecule has 0 bridgehead atoms. The van der Waals surface area contributed by atoms with Crippen LogP contribution in [0.5, 0.6) is 0 Å². The molecule has 1 aromatic carbocycles. The molecule has 0 spiro atoms. The first-order valence-corrected chi connectivity index (χ1v) is 6.96. The average Bonchev–Trinajstić information content (AvgIpc) is 2.20. The highest BCUT2D eigenvalue weighted by Crippen LogP contribution is 2.20. The number of hydrogen-bond acceptors (Lipinski definition) is 3. The predicted molar refractivity (Wildman–Crippen MR) is 64.5 cm³/mol. The second kappa shape index (κ2) is 4.97. The van der Waals surface area contributed by atoms with Gasteiger partial charge < -0.3 is 0 Å². The maximum absolute atomic E-state index is 11.8. The highest BCUT2D eigenvalue weighted by atomic mass is 79.9. The molecule has 0 aliphatic rings. The summed E-state index contributed by atoms with van der Waals surface area (Å²) in [6, 6.07) is 4.89. The van der Waals surface area contributed by atoms with Gasteiger partial charge in [-0.2, -0.15) is 0 Å². The van der Waals surface area contributed by atoms with Gasteiger partial charge in [-0.15, -0.1) is 0 Å². The van der Waals surface area contributed by atoms with Crippen molar-refractivity contribution in [2.45, 2.75) is 25.2 Å². The summed E-state index contributed by atoms with van der Waals surface area (Å²) in [7, 11) is -3.75. The van der Waals surface area contributed by atoms with Crippen molar-refractivity contribution in [3.63, 3.8) is 0 Å². The Bertz CT molecular complexity index is 511. The fourth-order valence-corrected chi connectivity index (χ4v) is 2.98. The summed E-state index contributed by atoms with van der Waals surface area (Å²) in [5, 5.41) is 0. The van der Waals surface area contributed by atoms with E-state index in [1.807, 2.05) is 4.72 Å². The molecule has 0 saturated carbocycles. The lowest BCUT2D eigenvalue weighted by Crippen LogP contribution is -2.30. The van der Waals surface area contributed by atoms with Crippen molar-refractivity contribution in [3.8, 4) is 0 Å². The smallest absolute Gasteiger partial charge is 0.264 e. The third-order valence-electron chi connectivity index (χ3n) is 2.01. The number of carbonyl (C=O) groups excluding carboxylic acids is 1. The van der Waals surface area contributed by atoms with Crippen molar-refractivity contribution in [1.29, 1.82) is 0 Å². The maximum Gasteiger partial charge on any atom is 0.264 e. The minimum atomic E-state index is -3.75. The van der Waals surface area contributed by atoms with Crippen LogP contribution < -0.4 is 4.72 Å². The largest absolute Gasteiger partial charge is 0.274 e. The van der Waals surface area contributed by atoms with Crippen LogP contribution in [0.15, 0.2) is 27.6 Å². The summed E-state index contributed by atoms with van der Waals surface area (Å²) in [5.41, 5.74) is 0.597. The summed E-state index contributed by atoms with van der Waals surface area (Å²) in [5.74, 6) is -0.514. The zero-order valence-electron chi connectivity index (χ0n) is 8.95. The summed E-state index contributed by atoms with van der Waals surface area (Å²) in [4.78, 5) is 11.2. The van der Waals surface area contributed by atoms with Crippen LogP contribution in [0.3, 0.4) is 0 Å². The van der Waals surface area contributed by atoms with Crippen molar-refractivity contribution in [2.75, 3.05) is 0 Å².